The van der Waals surface area contributed by atoms with E-state index in [4.69, 9.17) is 0 Å². The molecule has 0 radical (unpaired) electrons. The van der Waals surface area contributed by atoms with Gasteiger partial charge in [0.05, 0.1) is 11.9 Å². The maximum absolute atomic E-state index is 12.0. The summed E-state index contributed by atoms with van der Waals surface area (Å²) in [5.41, 5.74) is 0.895. The second-order valence-electron chi connectivity index (χ2n) is 5.54. The van der Waals surface area contributed by atoms with Crippen molar-refractivity contribution in [3.8, 4) is 0 Å². The molecule has 7 nitrogen and oxygen atoms in total. The lowest BCUT2D eigenvalue weighted by molar-refractivity contribution is -0.121. The number of rotatable bonds is 7. The highest BCUT2D eigenvalue weighted by Gasteiger charge is 2.19. The van der Waals surface area contributed by atoms with Crippen molar-refractivity contribution in [2.45, 2.75) is 33.2 Å². The van der Waals surface area contributed by atoms with Crippen LogP contribution in [0.1, 0.15) is 27.2 Å². The van der Waals surface area contributed by atoms with Crippen LogP contribution in [0.25, 0.3) is 0 Å². The van der Waals surface area contributed by atoms with Crippen LogP contribution >= 0.6 is 0 Å². The Morgan fingerprint density at radius 2 is 1.91 bits per heavy atom. The summed E-state index contributed by atoms with van der Waals surface area (Å²) in [6, 6.07) is 6.48. The Hall–Kier alpha value is -2.09. The summed E-state index contributed by atoms with van der Waals surface area (Å²) in [6.45, 7) is 5.07. The molecule has 0 spiro atoms. The number of hydrogen-bond donors (Lipinski definition) is 2. The minimum absolute atomic E-state index is 0.00252. The van der Waals surface area contributed by atoms with Gasteiger partial charge in [0.1, 0.15) is 0 Å². The molecule has 0 heterocycles. The van der Waals surface area contributed by atoms with Crippen molar-refractivity contribution in [1.82, 2.24) is 5.32 Å². The van der Waals surface area contributed by atoms with Crippen LogP contribution in [0.2, 0.25) is 0 Å². The van der Waals surface area contributed by atoms with E-state index in [0.29, 0.717) is 11.4 Å². The van der Waals surface area contributed by atoms with Crippen LogP contribution in [0.5, 0.6) is 0 Å². The lowest BCUT2D eigenvalue weighted by atomic mass is 10.2. The van der Waals surface area contributed by atoms with Crippen molar-refractivity contribution < 1.29 is 18.0 Å². The van der Waals surface area contributed by atoms with Crippen molar-refractivity contribution in [3.63, 3.8) is 0 Å². The topological polar surface area (TPSA) is 95.6 Å². The summed E-state index contributed by atoms with van der Waals surface area (Å²) in [5.74, 6) is -0.462. The highest BCUT2D eigenvalue weighted by atomic mass is 32.2. The second-order valence-corrected chi connectivity index (χ2v) is 7.45. The van der Waals surface area contributed by atoms with Crippen LogP contribution in [0.15, 0.2) is 24.3 Å². The van der Waals surface area contributed by atoms with Gasteiger partial charge in [0, 0.05) is 31.6 Å². The fourth-order valence-corrected chi connectivity index (χ4v) is 2.95. The number of carbonyl (C=O) groups excluding carboxylic acids is 2. The molecule has 1 aromatic rings. The highest BCUT2D eigenvalue weighted by Crippen LogP contribution is 2.22. The number of amides is 2. The monoisotopic (exact) mass is 341 g/mol. The molecule has 23 heavy (non-hydrogen) atoms. The predicted octanol–water partition coefficient (Wildman–Crippen LogP) is 1.33. The molecule has 128 valence electrons. The Morgan fingerprint density at radius 1 is 1.26 bits per heavy atom. The first-order valence-corrected chi connectivity index (χ1v) is 9.09. The molecule has 0 aliphatic carbocycles. The third kappa shape index (κ3) is 6.68. The van der Waals surface area contributed by atoms with E-state index in [-0.39, 0.29) is 30.8 Å². The van der Waals surface area contributed by atoms with Crippen LogP contribution in [-0.4, -0.2) is 39.1 Å². The predicted molar refractivity (Wildman–Crippen MR) is 90.8 cm³/mol. The standard InChI is InChI=1S/C15H23N3O4S/c1-11(2)16-15(20)8-9-18(23(4,21)22)14-7-5-6-13(10-14)17-12(3)19/h5-7,10-11H,8-9H2,1-4H3,(H,16,20)(H,17,19). The number of nitrogens with one attached hydrogen (secondary N) is 2. The molecule has 0 saturated heterocycles. The quantitative estimate of drug-likeness (QED) is 0.782. The van der Waals surface area contributed by atoms with Gasteiger partial charge in [0.25, 0.3) is 0 Å². The van der Waals surface area contributed by atoms with E-state index >= 15 is 0 Å². The van der Waals surface area contributed by atoms with Gasteiger partial charge < -0.3 is 10.6 Å². The molecule has 2 amide bonds. The maximum atomic E-state index is 12.0. The number of nitrogens with zero attached hydrogens (tertiary/aromatic N) is 1. The number of benzene rings is 1. The summed E-state index contributed by atoms with van der Waals surface area (Å²) in [6.07, 6.45) is 1.13. The molecule has 0 aromatic heterocycles. The van der Waals surface area contributed by atoms with Gasteiger partial charge in [-0.1, -0.05) is 6.07 Å². The van der Waals surface area contributed by atoms with Crippen molar-refractivity contribution in [1.29, 1.82) is 0 Å². The Morgan fingerprint density at radius 3 is 2.43 bits per heavy atom. The maximum Gasteiger partial charge on any atom is 0.232 e. The minimum atomic E-state index is -3.55. The van der Waals surface area contributed by atoms with Crippen LogP contribution in [-0.2, 0) is 19.6 Å². The van der Waals surface area contributed by atoms with Crippen LogP contribution in [0.4, 0.5) is 11.4 Å². The molecule has 0 unspecified atom stereocenters. The van der Waals surface area contributed by atoms with Crippen molar-refractivity contribution in [2.24, 2.45) is 0 Å². The van der Waals surface area contributed by atoms with E-state index in [2.05, 4.69) is 10.6 Å². The van der Waals surface area contributed by atoms with Gasteiger partial charge in [-0.3, -0.25) is 13.9 Å². The molecule has 1 aromatic carbocycles. The summed E-state index contributed by atoms with van der Waals surface area (Å²) in [5, 5.41) is 5.32. The Bertz CT molecular complexity index is 671. The lowest BCUT2D eigenvalue weighted by Gasteiger charge is -2.23. The number of sulfonamides is 1. The summed E-state index contributed by atoms with van der Waals surface area (Å²) in [7, 11) is -3.55. The first-order valence-electron chi connectivity index (χ1n) is 7.24. The Balaban J connectivity index is 2.95. The van der Waals surface area contributed by atoms with Crippen LogP contribution in [0.3, 0.4) is 0 Å². The molecule has 0 atom stereocenters. The van der Waals surface area contributed by atoms with Gasteiger partial charge in [-0.15, -0.1) is 0 Å². The van der Waals surface area contributed by atoms with Gasteiger partial charge in [-0.05, 0) is 32.0 Å². The van der Waals surface area contributed by atoms with Crippen LogP contribution < -0.4 is 14.9 Å². The van der Waals surface area contributed by atoms with E-state index in [0.717, 1.165) is 10.6 Å². The van der Waals surface area contributed by atoms with Crippen molar-refractivity contribution in [3.05, 3.63) is 24.3 Å². The molecule has 0 aliphatic rings. The molecule has 0 aliphatic heterocycles. The van der Waals surface area contributed by atoms with Crippen LogP contribution in [0, 0.1) is 0 Å². The molecule has 0 saturated carbocycles. The minimum Gasteiger partial charge on any atom is -0.354 e. The summed E-state index contributed by atoms with van der Waals surface area (Å²) >= 11 is 0. The number of carbonyl (C=O) groups is 2. The van der Waals surface area contributed by atoms with Gasteiger partial charge in [-0.25, -0.2) is 8.42 Å². The fraction of sp³-hybridized carbons (Fsp3) is 0.467. The molecular weight excluding hydrogens is 318 g/mol. The largest absolute Gasteiger partial charge is 0.354 e. The zero-order valence-electron chi connectivity index (χ0n) is 13.8. The second kappa shape index (κ2) is 7.96. The van der Waals surface area contributed by atoms with Crippen molar-refractivity contribution >= 4 is 33.2 Å². The van der Waals surface area contributed by atoms with E-state index in [9.17, 15) is 18.0 Å². The van der Waals surface area contributed by atoms with E-state index in [1.165, 1.54) is 6.92 Å². The fourth-order valence-electron chi connectivity index (χ4n) is 2.03. The molecule has 8 heteroatoms. The van der Waals surface area contributed by atoms with Gasteiger partial charge in [0.2, 0.25) is 21.8 Å². The smallest absolute Gasteiger partial charge is 0.232 e. The molecule has 0 fully saturated rings. The van der Waals surface area contributed by atoms with E-state index in [1.807, 2.05) is 13.8 Å². The third-order valence-corrected chi connectivity index (χ3v) is 4.04. The highest BCUT2D eigenvalue weighted by molar-refractivity contribution is 7.92. The normalized spacial score (nSPS) is 11.2. The SMILES string of the molecule is CC(=O)Nc1cccc(N(CCC(=O)NC(C)C)S(C)(=O)=O)c1. The average Bonchev–Trinajstić information content (AvgIpc) is 2.35. The average molecular weight is 341 g/mol. The van der Waals surface area contributed by atoms with E-state index < -0.39 is 10.0 Å². The molecular formula is C15H23N3O4S. The summed E-state index contributed by atoms with van der Waals surface area (Å²) < 4.78 is 25.2. The Kier molecular flexibility index (Phi) is 6.56. The zero-order chi connectivity index (χ0) is 17.6. The van der Waals surface area contributed by atoms with Gasteiger partial charge >= 0.3 is 0 Å². The molecule has 0 bridgehead atoms. The van der Waals surface area contributed by atoms with Gasteiger partial charge in [-0.2, -0.15) is 0 Å². The van der Waals surface area contributed by atoms with E-state index in [1.54, 1.807) is 24.3 Å². The first kappa shape index (κ1) is 19.0. The number of hydrogen-bond acceptors (Lipinski definition) is 4. The third-order valence-electron chi connectivity index (χ3n) is 2.85. The first-order chi connectivity index (χ1) is 10.6. The lowest BCUT2D eigenvalue weighted by Crippen LogP contribution is -2.36. The van der Waals surface area contributed by atoms with Crippen molar-refractivity contribution in [2.75, 3.05) is 22.4 Å². The van der Waals surface area contributed by atoms with Gasteiger partial charge in [0.15, 0.2) is 0 Å². The molecule has 1 rings (SSSR count). The summed E-state index contributed by atoms with van der Waals surface area (Å²) in [4.78, 5) is 22.9. The Labute approximate surface area is 137 Å². The number of anilines is 2. The zero-order valence-corrected chi connectivity index (χ0v) is 14.6. The molecule has 2 N–H and O–H groups in total.